The summed E-state index contributed by atoms with van der Waals surface area (Å²) in [7, 11) is 0. The number of hydrogen-bond acceptors (Lipinski definition) is 4. The first-order valence-electron chi connectivity index (χ1n) is 4.80. The maximum absolute atomic E-state index is 11.2. The van der Waals surface area contributed by atoms with Crippen molar-refractivity contribution in [3.63, 3.8) is 0 Å². The molecule has 16 heavy (non-hydrogen) atoms. The minimum Gasteiger partial charge on any atom is -0.479 e. The fraction of sp³-hybridized carbons (Fsp3) is 0.778. The molecule has 0 aliphatic heterocycles. The van der Waals surface area contributed by atoms with Gasteiger partial charge in [-0.3, -0.25) is 0 Å². The molecule has 0 aliphatic rings. The number of carboxylic acids is 1. The molecule has 0 rings (SSSR count). The highest BCUT2D eigenvalue weighted by molar-refractivity contribution is 7.99. The molecule has 0 radical (unpaired) electrons. The number of carboxylic acid groups (broad SMARTS) is 1. The van der Waals surface area contributed by atoms with E-state index in [1.54, 1.807) is 11.8 Å². The van der Waals surface area contributed by atoms with E-state index >= 15 is 0 Å². The van der Waals surface area contributed by atoms with E-state index in [-0.39, 0.29) is 11.8 Å². The first-order chi connectivity index (χ1) is 7.29. The van der Waals surface area contributed by atoms with Crippen molar-refractivity contribution in [2.75, 3.05) is 19.3 Å². The van der Waals surface area contributed by atoms with E-state index in [4.69, 9.17) is 5.11 Å². The molecule has 0 aromatic carbocycles. The number of amides is 2. The lowest BCUT2D eigenvalue weighted by atomic mass is 10.1. The molecule has 2 amide bonds. The van der Waals surface area contributed by atoms with Crippen LogP contribution in [0.25, 0.3) is 0 Å². The third-order valence-corrected chi connectivity index (χ3v) is 2.98. The lowest BCUT2D eigenvalue weighted by Crippen LogP contribution is -2.49. The first kappa shape index (κ1) is 15.0. The third kappa shape index (κ3) is 5.82. The van der Waals surface area contributed by atoms with Crippen LogP contribution in [-0.4, -0.2) is 52.4 Å². The fourth-order valence-corrected chi connectivity index (χ4v) is 0.960. The zero-order valence-corrected chi connectivity index (χ0v) is 10.4. The van der Waals surface area contributed by atoms with Gasteiger partial charge < -0.3 is 20.8 Å². The zero-order chi connectivity index (χ0) is 12.8. The standard InChI is InChI=1S/C9H18N2O4S/c1-6(16-3)4-10-8(14)11-5-9(2,15)7(12)13/h6,15H,4-5H2,1-3H3,(H,12,13)(H2,10,11,14). The van der Waals surface area contributed by atoms with Gasteiger partial charge >= 0.3 is 12.0 Å². The van der Waals surface area contributed by atoms with Crippen LogP contribution in [0.2, 0.25) is 0 Å². The van der Waals surface area contributed by atoms with Gasteiger partial charge in [0.2, 0.25) is 0 Å². The van der Waals surface area contributed by atoms with Crippen LogP contribution in [0.5, 0.6) is 0 Å². The Morgan fingerprint density at radius 2 is 2.00 bits per heavy atom. The number of rotatable bonds is 6. The number of hydrogen-bond donors (Lipinski definition) is 4. The number of nitrogens with one attached hydrogen (secondary N) is 2. The van der Waals surface area contributed by atoms with Crippen LogP contribution in [0.3, 0.4) is 0 Å². The molecule has 2 unspecified atom stereocenters. The maximum atomic E-state index is 11.2. The number of urea groups is 1. The molecule has 0 bridgehead atoms. The Morgan fingerprint density at radius 3 is 2.44 bits per heavy atom. The minimum atomic E-state index is -1.94. The summed E-state index contributed by atoms with van der Waals surface area (Å²) in [6, 6.07) is -0.484. The van der Waals surface area contributed by atoms with E-state index < -0.39 is 17.6 Å². The Morgan fingerprint density at radius 1 is 1.44 bits per heavy atom. The highest BCUT2D eigenvalue weighted by atomic mass is 32.2. The average Bonchev–Trinajstić information content (AvgIpc) is 2.22. The second-order valence-corrected chi connectivity index (χ2v) is 4.97. The highest BCUT2D eigenvalue weighted by Gasteiger charge is 2.30. The summed E-state index contributed by atoms with van der Waals surface area (Å²) in [6.45, 7) is 3.24. The summed E-state index contributed by atoms with van der Waals surface area (Å²) in [5, 5.41) is 23.0. The van der Waals surface area contributed by atoms with Gasteiger partial charge in [0.05, 0.1) is 6.54 Å². The summed E-state index contributed by atoms with van der Waals surface area (Å²) in [4.78, 5) is 21.7. The van der Waals surface area contributed by atoms with Crippen LogP contribution >= 0.6 is 11.8 Å². The van der Waals surface area contributed by atoms with Crippen molar-refractivity contribution in [2.45, 2.75) is 24.7 Å². The van der Waals surface area contributed by atoms with Crippen molar-refractivity contribution < 1.29 is 19.8 Å². The average molecular weight is 250 g/mol. The minimum absolute atomic E-state index is 0.283. The van der Waals surface area contributed by atoms with Crippen LogP contribution in [0.1, 0.15) is 13.8 Å². The lowest BCUT2D eigenvalue weighted by Gasteiger charge is -2.18. The Balaban J connectivity index is 3.86. The molecule has 0 heterocycles. The van der Waals surface area contributed by atoms with E-state index in [1.807, 2.05) is 13.2 Å². The molecular formula is C9H18N2O4S. The number of aliphatic carboxylic acids is 1. The summed E-state index contributed by atoms with van der Waals surface area (Å²) in [5.74, 6) is -1.37. The van der Waals surface area contributed by atoms with Gasteiger partial charge in [0, 0.05) is 11.8 Å². The van der Waals surface area contributed by atoms with Gasteiger partial charge in [0.15, 0.2) is 5.60 Å². The van der Waals surface area contributed by atoms with Crippen molar-refractivity contribution in [3.05, 3.63) is 0 Å². The topological polar surface area (TPSA) is 98.7 Å². The largest absolute Gasteiger partial charge is 0.479 e. The van der Waals surface area contributed by atoms with Crippen molar-refractivity contribution >= 4 is 23.8 Å². The van der Waals surface area contributed by atoms with Gasteiger partial charge in [0.25, 0.3) is 0 Å². The molecular weight excluding hydrogens is 232 g/mol. The second-order valence-electron chi connectivity index (χ2n) is 3.69. The second kappa shape index (κ2) is 6.59. The van der Waals surface area contributed by atoms with Gasteiger partial charge in [0.1, 0.15) is 0 Å². The normalized spacial score (nSPS) is 16.0. The Hall–Kier alpha value is -0.950. The third-order valence-electron chi connectivity index (χ3n) is 2.01. The van der Waals surface area contributed by atoms with Gasteiger partial charge in [-0.15, -0.1) is 0 Å². The maximum Gasteiger partial charge on any atom is 0.337 e. The fourth-order valence-electron chi connectivity index (χ4n) is 0.710. The molecule has 6 nitrogen and oxygen atoms in total. The lowest BCUT2D eigenvalue weighted by molar-refractivity contribution is -0.155. The number of aliphatic hydroxyl groups is 1. The molecule has 2 atom stereocenters. The molecule has 0 saturated heterocycles. The van der Waals surface area contributed by atoms with Crippen molar-refractivity contribution in [1.82, 2.24) is 10.6 Å². The predicted octanol–water partition coefficient (Wildman–Crippen LogP) is -0.127. The highest BCUT2D eigenvalue weighted by Crippen LogP contribution is 2.02. The Bertz CT molecular complexity index is 258. The van der Waals surface area contributed by atoms with Crippen LogP contribution in [0, 0.1) is 0 Å². The number of carbonyl (C=O) groups is 2. The molecule has 0 fully saturated rings. The zero-order valence-electron chi connectivity index (χ0n) is 9.61. The molecule has 94 valence electrons. The smallest absolute Gasteiger partial charge is 0.337 e. The molecule has 0 aliphatic carbocycles. The summed E-state index contributed by atoms with van der Waals surface area (Å²) in [5.41, 5.74) is -1.94. The number of carbonyl (C=O) groups excluding carboxylic acids is 1. The van der Waals surface area contributed by atoms with Gasteiger partial charge in [-0.2, -0.15) is 11.8 Å². The van der Waals surface area contributed by atoms with Crippen LogP contribution < -0.4 is 10.6 Å². The van der Waals surface area contributed by atoms with E-state index in [0.29, 0.717) is 6.54 Å². The van der Waals surface area contributed by atoms with Crippen LogP contribution in [0.15, 0.2) is 0 Å². The first-order valence-corrected chi connectivity index (χ1v) is 6.08. The molecule has 7 heteroatoms. The molecule has 4 N–H and O–H groups in total. The Kier molecular flexibility index (Phi) is 6.20. The van der Waals surface area contributed by atoms with Crippen molar-refractivity contribution in [3.8, 4) is 0 Å². The molecule has 0 saturated carbocycles. The molecule has 0 aromatic rings. The predicted molar refractivity (Wildman–Crippen MR) is 62.6 cm³/mol. The van der Waals surface area contributed by atoms with E-state index in [2.05, 4.69) is 10.6 Å². The molecule has 0 spiro atoms. The molecule has 0 aromatic heterocycles. The Labute approximate surface area is 98.8 Å². The quantitative estimate of drug-likeness (QED) is 0.526. The van der Waals surface area contributed by atoms with E-state index in [1.165, 1.54) is 0 Å². The van der Waals surface area contributed by atoms with Gasteiger partial charge in [-0.05, 0) is 13.2 Å². The van der Waals surface area contributed by atoms with Crippen LogP contribution in [-0.2, 0) is 4.79 Å². The van der Waals surface area contributed by atoms with Crippen LogP contribution in [0.4, 0.5) is 4.79 Å². The SMILES string of the molecule is CSC(C)CNC(=O)NCC(C)(O)C(=O)O. The van der Waals surface area contributed by atoms with Gasteiger partial charge in [-0.25, -0.2) is 9.59 Å². The van der Waals surface area contributed by atoms with Crippen molar-refractivity contribution in [1.29, 1.82) is 0 Å². The monoisotopic (exact) mass is 250 g/mol. The number of thioether (sulfide) groups is 1. The van der Waals surface area contributed by atoms with E-state index in [9.17, 15) is 14.7 Å². The van der Waals surface area contributed by atoms with E-state index in [0.717, 1.165) is 6.92 Å². The summed E-state index contributed by atoms with van der Waals surface area (Å²) < 4.78 is 0. The van der Waals surface area contributed by atoms with Crippen molar-refractivity contribution in [2.24, 2.45) is 0 Å². The van der Waals surface area contributed by atoms with Gasteiger partial charge in [-0.1, -0.05) is 6.92 Å². The summed E-state index contributed by atoms with van der Waals surface area (Å²) >= 11 is 1.61. The summed E-state index contributed by atoms with van der Waals surface area (Å²) in [6.07, 6.45) is 1.93.